The molecular weight excluding hydrogens is 620 g/mol. The minimum absolute atomic E-state index is 0.272. The highest BCUT2D eigenvalue weighted by molar-refractivity contribution is 9.10. The van der Waals surface area contributed by atoms with Crippen molar-refractivity contribution in [2.45, 2.75) is 64.5 Å². The van der Waals surface area contributed by atoms with Crippen molar-refractivity contribution in [2.24, 2.45) is 0 Å². The number of amides is 1. The summed E-state index contributed by atoms with van der Waals surface area (Å²) in [6.45, 7) is 12.3. The molecule has 43 heavy (non-hydrogen) atoms. The van der Waals surface area contributed by atoms with Crippen LogP contribution < -0.4 is 4.74 Å². The van der Waals surface area contributed by atoms with Crippen LogP contribution in [0.25, 0.3) is 22.0 Å². The Labute approximate surface area is 262 Å². The van der Waals surface area contributed by atoms with Gasteiger partial charge in [-0.1, -0.05) is 72.0 Å². The molecule has 1 N–H and O–H groups in total. The maximum Gasteiger partial charge on any atom is 0.328 e. The Balaban J connectivity index is 1.62. The zero-order chi connectivity index (χ0) is 31.1. The third kappa shape index (κ3) is 6.74. The van der Waals surface area contributed by atoms with E-state index in [-0.39, 0.29) is 11.5 Å². The van der Waals surface area contributed by atoms with Crippen LogP contribution in [0.5, 0.6) is 5.75 Å². The Bertz CT molecular complexity index is 1740. The minimum atomic E-state index is -1.86. The van der Waals surface area contributed by atoms with Crippen LogP contribution in [0.1, 0.15) is 43.6 Å². The number of rotatable bonds is 4. The lowest BCUT2D eigenvalue weighted by Crippen LogP contribution is -2.51. The normalized spacial score (nSPS) is 16.7. The van der Waals surface area contributed by atoms with Crippen LogP contribution in [-0.4, -0.2) is 48.6 Å². The number of hydrogen-bond donors (Lipinski definition) is 1. The van der Waals surface area contributed by atoms with E-state index in [1.807, 2.05) is 81.4 Å². The number of esters is 1. The molecule has 3 aromatic carbocycles. The molecule has 2 atom stereocenters. The molecule has 1 amide bonds. The number of carbonyl (C=O) groups is 2. The molecule has 5 rings (SSSR count). The first kappa shape index (κ1) is 30.6. The number of H-pyrrole nitrogens is 1. The first-order valence-electron chi connectivity index (χ1n) is 14.4. The largest absolute Gasteiger partial charge is 0.488 e. The van der Waals surface area contributed by atoms with E-state index in [0.717, 1.165) is 49.1 Å². The molecule has 1 aromatic heterocycles. The molecule has 2 unspecified atom stereocenters. The first-order chi connectivity index (χ1) is 20.2. The summed E-state index contributed by atoms with van der Waals surface area (Å²) in [5.41, 5.74) is 8.70. The molecule has 0 bridgehead atoms. The van der Waals surface area contributed by atoms with Crippen LogP contribution in [0.2, 0.25) is 19.6 Å². The number of aromatic nitrogens is 1. The fraction of sp³-hybridized carbons (Fsp3) is 0.314. The number of carbonyl (C=O) groups excluding carboxylic acids is 2. The van der Waals surface area contributed by atoms with Crippen LogP contribution in [0.15, 0.2) is 71.2 Å². The number of ether oxygens (including phenoxy) is 2. The van der Waals surface area contributed by atoms with Crippen molar-refractivity contribution in [3.8, 4) is 28.3 Å². The fourth-order valence-corrected chi connectivity index (χ4v) is 6.30. The summed E-state index contributed by atoms with van der Waals surface area (Å²) in [5, 5.41) is 1.01. The highest BCUT2D eigenvalue weighted by Crippen LogP contribution is 2.42. The van der Waals surface area contributed by atoms with E-state index < -0.39 is 26.1 Å². The van der Waals surface area contributed by atoms with Crippen LogP contribution in [0, 0.1) is 11.5 Å². The van der Waals surface area contributed by atoms with Crippen molar-refractivity contribution < 1.29 is 19.1 Å². The molecule has 0 saturated heterocycles. The molecule has 222 valence electrons. The van der Waals surface area contributed by atoms with Gasteiger partial charge in [-0.15, -0.1) is 5.54 Å². The number of benzene rings is 3. The summed E-state index contributed by atoms with van der Waals surface area (Å²) in [4.78, 5) is 32.3. The molecule has 0 fully saturated rings. The van der Waals surface area contributed by atoms with Gasteiger partial charge in [0.2, 0.25) is 0 Å². The second kappa shape index (κ2) is 11.7. The van der Waals surface area contributed by atoms with Gasteiger partial charge in [-0.25, -0.2) is 4.79 Å². The lowest BCUT2D eigenvalue weighted by molar-refractivity contribution is -0.153. The molecule has 0 saturated carbocycles. The summed E-state index contributed by atoms with van der Waals surface area (Å²) in [5.74, 6) is 2.86. The smallest absolute Gasteiger partial charge is 0.328 e. The van der Waals surface area contributed by atoms with E-state index in [9.17, 15) is 9.59 Å². The zero-order valence-corrected chi connectivity index (χ0v) is 28.3. The van der Waals surface area contributed by atoms with Crippen LogP contribution in [-0.2, 0) is 20.7 Å². The molecule has 1 aliphatic rings. The standard InChI is InChI=1S/C35H37BrN2O4Si/c1-35(2,3)42-26-15-12-23(13-16-26)22-8-10-24(11-9-22)33-32-28(27-20-25(36)14-17-29(27)37-32)21-30(34(40)41-4)38(33)31(39)18-19-43(5,6)7/h8-17,20,30,33,37H,21H2,1-7H3. The van der Waals surface area contributed by atoms with E-state index in [1.165, 1.54) is 7.11 Å². The van der Waals surface area contributed by atoms with Gasteiger partial charge in [0.25, 0.3) is 5.91 Å². The first-order valence-corrected chi connectivity index (χ1v) is 18.7. The summed E-state index contributed by atoms with van der Waals surface area (Å²) >= 11 is 3.59. The molecule has 8 heteroatoms. The van der Waals surface area contributed by atoms with Gasteiger partial charge in [-0.3, -0.25) is 4.79 Å². The van der Waals surface area contributed by atoms with Gasteiger partial charge in [0.1, 0.15) is 25.5 Å². The number of hydrogen-bond acceptors (Lipinski definition) is 4. The van der Waals surface area contributed by atoms with E-state index >= 15 is 0 Å². The van der Waals surface area contributed by atoms with Gasteiger partial charge in [0, 0.05) is 27.5 Å². The number of halogens is 1. The number of methoxy groups -OCH3 is 1. The molecule has 4 aromatic rings. The Morgan fingerprint density at radius 3 is 2.19 bits per heavy atom. The lowest BCUT2D eigenvalue weighted by Gasteiger charge is -2.40. The highest BCUT2D eigenvalue weighted by atomic mass is 79.9. The minimum Gasteiger partial charge on any atom is -0.488 e. The van der Waals surface area contributed by atoms with Crippen LogP contribution >= 0.6 is 15.9 Å². The van der Waals surface area contributed by atoms with E-state index in [2.05, 4.69) is 58.1 Å². The second-order valence-corrected chi connectivity index (χ2v) is 18.6. The predicted octanol–water partition coefficient (Wildman–Crippen LogP) is 7.67. The summed E-state index contributed by atoms with van der Waals surface area (Å²) < 4.78 is 12.2. The SMILES string of the molecule is COC(=O)C1Cc2c([nH]c3ccc(Br)cc23)C(c2ccc(-c3ccc(OC(C)(C)C)cc3)cc2)N1C(=O)C#C[Si](C)(C)C. The van der Waals surface area contributed by atoms with E-state index in [1.54, 1.807) is 4.90 Å². The number of aromatic amines is 1. The topological polar surface area (TPSA) is 71.6 Å². The number of nitrogens with zero attached hydrogens (tertiary/aromatic N) is 1. The van der Waals surface area contributed by atoms with Gasteiger partial charge in [-0.2, -0.15) is 0 Å². The van der Waals surface area contributed by atoms with Gasteiger partial charge in [0.15, 0.2) is 0 Å². The maximum atomic E-state index is 13.9. The maximum absolute atomic E-state index is 13.9. The Kier molecular flexibility index (Phi) is 8.34. The Morgan fingerprint density at radius 2 is 1.60 bits per heavy atom. The van der Waals surface area contributed by atoms with Crippen molar-refractivity contribution in [1.29, 1.82) is 0 Å². The number of fused-ring (bicyclic) bond motifs is 3. The fourth-order valence-electron chi connectivity index (χ4n) is 5.46. The summed E-state index contributed by atoms with van der Waals surface area (Å²) in [6, 6.07) is 20.8. The molecule has 6 nitrogen and oxygen atoms in total. The average molecular weight is 658 g/mol. The zero-order valence-electron chi connectivity index (χ0n) is 25.7. The lowest BCUT2D eigenvalue weighted by atomic mass is 9.87. The van der Waals surface area contributed by atoms with Crippen LogP contribution in [0.3, 0.4) is 0 Å². The quantitative estimate of drug-likeness (QED) is 0.139. The second-order valence-electron chi connectivity index (χ2n) is 12.9. The van der Waals surface area contributed by atoms with Crippen molar-refractivity contribution in [3.05, 3.63) is 88.0 Å². The van der Waals surface area contributed by atoms with Gasteiger partial charge < -0.3 is 19.4 Å². The molecule has 0 spiro atoms. The molecule has 0 aliphatic carbocycles. The van der Waals surface area contributed by atoms with Gasteiger partial charge in [-0.05, 0) is 79.3 Å². The number of nitrogens with one attached hydrogen (secondary N) is 1. The average Bonchev–Trinajstić information content (AvgIpc) is 3.31. The summed E-state index contributed by atoms with van der Waals surface area (Å²) in [7, 11) is -0.493. The molecule has 1 aliphatic heterocycles. The van der Waals surface area contributed by atoms with Crippen LogP contribution in [0.4, 0.5) is 0 Å². The highest BCUT2D eigenvalue weighted by Gasteiger charge is 2.44. The van der Waals surface area contributed by atoms with E-state index in [4.69, 9.17) is 9.47 Å². The van der Waals surface area contributed by atoms with E-state index in [0.29, 0.717) is 6.42 Å². The van der Waals surface area contributed by atoms with Crippen molar-refractivity contribution in [1.82, 2.24) is 9.88 Å². The Morgan fingerprint density at radius 1 is 0.977 bits per heavy atom. The van der Waals surface area contributed by atoms with Crippen molar-refractivity contribution in [3.63, 3.8) is 0 Å². The van der Waals surface area contributed by atoms with Crippen molar-refractivity contribution >= 4 is 46.8 Å². The predicted molar refractivity (Wildman–Crippen MR) is 178 cm³/mol. The summed E-state index contributed by atoms with van der Waals surface area (Å²) in [6.07, 6.45) is 0.330. The van der Waals surface area contributed by atoms with Gasteiger partial charge in [0.05, 0.1) is 13.2 Å². The molecule has 2 heterocycles. The molecule has 0 radical (unpaired) electrons. The molecular formula is C35H37BrN2O4Si. The Hall–Kier alpha value is -3.80. The monoisotopic (exact) mass is 656 g/mol. The third-order valence-corrected chi connectivity index (χ3v) is 8.64. The van der Waals surface area contributed by atoms with Gasteiger partial charge >= 0.3 is 5.97 Å². The third-order valence-electron chi connectivity index (χ3n) is 7.28. The van der Waals surface area contributed by atoms with Crippen molar-refractivity contribution in [2.75, 3.05) is 7.11 Å².